The van der Waals surface area contributed by atoms with Gasteiger partial charge in [-0.05, 0) is 97.1 Å². The highest BCUT2D eigenvalue weighted by molar-refractivity contribution is 5.71. The lowest BCUT2D eigenvalue weighted by molar-refractivity contribution is 0.308. The lowest BCUT2D eigenvalue weighted by atomic mass is 9.77. The van der Waals surface area contributed by atoms with Gasteiger partial charge >= 0.3 is 0 Å². The second kappa shape index (κ2) is 12.4. The summed E-state index contributed by atoms with van der Waals surface area (Å²) >= 11 is 0. The summed E-state index contributed by atoms with van der Waals surface area (Å²) in [5.41, 5.74) is 3.76. The summed E-state index contributed by atoms with van der Waals surface area (Å²) in [6, 6.07) is 16.1. The van der Waals surface area contributed by atoms with Crippen LogP contribution in [0.15, 0.2) is 67.3 Å². The monoisotopic (exact) mass is 490 g/mol. The van der Waals surface area contributed by atoms with Crippen molar-refractivity contribution in [3.8, 4) is 22.3 Å². The predicted octanol–water partition coefficient (Wildman–Crippen LogP) is 10.4. The fourth-order valence-electron chi connectivity index (χ4n) is 5.57. The fourth-order valence-corrected chi connectivity index (χ4v) is 5.57. The van der Waals surface area contributed by atoms with Crippen LogP contribution in [0, 0.1) is 23.4 Å². The van der Waals surface area contributed by atoms with Crippen LogP contribution < -0.4 is 0 Å². The van der Waals surface area contributed by atoms with Gasteiger partial charge in [0.05, 0.1) is 0 Å². The molecule has 3 aromatic carbocycles. The van der Waals surface area contributed by atoms with Crippen LogP contribution in [0.1, 0.15) is 81.8 Å². The van der Waals surface area contributed by atoms with E-state index in [4.69, 9.17) is 0 Å². The number of aryl methyl sites for hydroxylation is 1. The maximum atomic E-state index is 15.1. The zero-order chi connectivity index (χ0) is 25.5. The molecule has 0 atom stereocenters. The van der Waals surface area contributed by atoms with Crippen molar-refractivity contribution in [3.63, 3.8) is 0 Å². The Balaban J connectivity index is 1.45. The maximum Gasteiger partial charge on any atom is 0.166 e. The minimum Gasteiger partial charge on any atom is -0.207 e. The third kappa shape index (κ3) is 6.11. The van der Waals surface area contributed by atoms with Crippen LogP contribution in [-0.4, -0.2) is 0 Å². The lowest BCUT2D eigenvalue weighted by Crippen LogP contribution is -2.14. The minimum atomic E-state index is -0.800. The van der Waals surface area contributed by atoms with Crippen molar-refractivity contribution in [2.24, 2.45) is 5.92 Å². The summed E-state index contributed by atoms with van der Waals surface area (Å²) in [5.74, 6) is -0.691. The topological polar surface area (TPSA) is 0 Å². The Morgan fingerprint density at radius 3 is 2.17 bits per heavy atom. The first-order valence-electron chi connectivity index (χ1n) is 13.5. The van der Waals surface area contributed by atoms with Gasteiger partial charge in [-0.3, -0.25) is 0 Å². The first-order valence-corrected chi connectivity index (χ1v) is 13.5. The van der Waals surface area contributed by atoms with Crippen molar-refractivity contribution in [3.05, 3.63) is 95.8 Å². The van der Waals surface area contributed by atoms with E-state index in [-0.39, 0.29) is 17.3 Å². The molecule has 0 amide bonds. The van der Waals surface area contributed by atoms with Crippen LogP contribution in [0.4, 0.5) is 13.2 Å². The molecular weight excluding hydrogens is 453 g/mol. The van der Waals surface area contributed by atoms with Crippen LogP contribution in [0.2, 0.25) is 0 Å². The molecule has 0 saturated heterocycles. The normalized spacial score (nSPS) is 17.8. The molecule has 190 valence electrons. The van der Waals surface area contributed by atoms with Gasteiger partial charge in [-0.25, -0.2) is 13.2 Å². The van der Waals surface area contributed by atoms with Gasteiger partial charge in [0, 0.05) is 5.56 Å². The van der Waals surface area contributed by atoms with Gasteiger partial charge in [0.2, 0.25) is 0 Å². The van der Waals surface area contributed by atoms with E-state index >= 15 is 4.39 Å². The van der Waals surface area contributed by atoms with Gasteiger partial charge in [-0.2, -0.15) is 0 Å². The van der Waals surface area contributed by atoms with Crippen LogP contribution in [0.5, 0.6) is 0 Å². The second-order valence-electron chi connectivity index (χ2n) is 10.3. The Hall–Kier alpha value is -2.81. The molecule has 3 heteroatoms. The van der Waals surface area contributed by atoms with Crippen molar-refractivity contribution in [2.45, 2.75) is 77.0 Å². The highest BCUT2D eigenvalue weighted by Gasteiger charge is 2.24. The van der Waals surface area contributed by atoms with Gasteiger partial charge in [0.25, 0.3) is 0 Å². The predicted molar refractivity (Wildman–Crippen MR) is 145 cm³/mol. The van der Waals surface area contributed by atoms with Crippen LogP contribution in [-0.2, 0) is 6.42 Å². The summed E-state index contributed by atoms with van der Waals surface area (Å²) in [6.07, 6.45) is 12.0. The quantitative estimate of drug-likeness (QED) is 0.196. The molecule has 0 heterocycles. The molecule has 4 rings (SSSR count). The van der Waals surface area contributed by atoms with E-state index < -0.39 is 11.6 Å². The Kier molecular flexibility index (Phi) is 9.07. The lowest BCUT2D eigenvalue weighted by Gasteiger charge is -2.29. The van der Waals surface area contributed by atoms with Crippen molar-refractivity contribution in [1.29, 1.82) is 0 Å². The zero-order valence-corrected chi connectivity index (χ0v) is 21.3. The molecule has 0 aliphatic heterocycles. The number of hydrogen-bond donors (Lipinski definition) is 0. The third-order valence-electron chi connectivity index (χ3n) is 7.81. The fraction of sp³-hybridized carbons (Fsp3) is 0.394. The van der Waals surface area contributed by atoms with Gasteiger partial charge in [0.15, 0.2) is 11.6 Å². The summed E-state index contributed by atoms with van der Waals surface area (Å²) in [6.45, 7) is 5.90. The highest BCUT2D eigenvalue weighted by Crippen LogP contribution is 2.39. The van der Waals surface area contributed by atoms with Crippen molar-refractivity contribution in [2.75, 3.05) is 0 Å². The number of allylic oxidation sites excluding steroid dienone is 1. The molecule has 0 nitrogen and oxygen atoms in total. The Labute approximate surface area is 214 Å². The number of rotatable bonds is 10. The zero-order valence-electron chi connectivity index (χ0n) is 21.3. The van der Waals surface area contributed by atoms with E-state index in [0.717, 1.165) is 74.0 Å². The molecule has 1 saturated carbocycles. The summed E-state index contributed by atoms with van der Waals surface area (Å²) < 4.78 is 44.5. The first-order chi connectivity index (χ1) is 17.5. The molecule has 0 radical (unpaired) electrons. The molecule has 0 unspecified atom stereocenters. The van der Waals surface area contributed by atoms with Crippen molar-refractivity contribution >= 4 is 0 Å². The third-order valence-corrected chi connectivity index (χ3v) is 7.81. The summed E-state index contributed by atoms with van der Waals surface area (Å²) in [5, 5.41) is 0. The van der Waals surface area contributed by atoms with E-state index in [1.807, 2.05) is 30.3 Å². The van der Waals surface area contributed by atoms with Crippen molar-refractivity contribution in [1.82, 2.24) is 0 Å². The largest absolute Gasteiger partial charge is 0.207 e. The van der Waals surface area contributed by atoms with E-state index in [0.29, 0.717) is 17.5 Å². The van der Waals surface area contributed by atoms with E-state index in [1.54, 1.807) is 30.3 Å². The number of hydrogen-bond acceptors (Lipinski definition) is 0. The molecule has 1 fully saturated rings. The van der Waals surface area contributed by atoms with Gasteiger partial charge in [-0.1, -0.05) is 74.4 Å². The molecule has 0 spiro atoms. The molecule has 1 aliphatic carbocycles. The Morgan fingerprint density at radius 2 is 1.50 bits per heavy atom. The standard InChI is InChI=1S/C33H37F3/c1-3-5-7-9-27-18-21-30(33(36)32(27)35)26-16-14-24(15-17-26)28-19-20-29(31(34)22-28)25-12-10-23(11-13-25)8-6-4-2/h4,14-23,25H,2-3,5-13H2,1H3. The van der Waals surface area contributed by atoms with E-state index in [1.165, 1.54) is 6.42 Å². The number of unbranched alkanes of at least 4 members (excludes halogenated alkanes) is 2. The van der Waals surface area contributed by atoms with Gasteiger partial charge in [-0.15, -0.1) is 6.58 Å². The SMILES string of the molecule is C=CCCC1CCC(c2ccc(-c3ccc(-c4ccc(CCCCC)c(F)c4F)cc3)cc2F)CC1. The average molecular weight is 491 g/mol. The van der Waals surface area contributed by atoms with E-state index in [9.17, 15) is 8.78 Å². The Bertz CT molecular complexity index is 1150. The summed E-state index contributed by atoms with van der Waals surface area (Å²) in [7, 11) is 0. The molecule has 3 aromatic rings. The molecule has 0 bridgehead atoms. The second-order valence-corrected chi connectivity index (χ2v) is 10.3. The molecule has 36 heavy (non-hydrogen) atoms. The summed E-state index contributed by atoms with van der Waals surface area (Å²) in [4.78, 5) is 0. The smallest absolute Gasteiger partial charge is 0.166 e. The van der Waals surface area contributed by atoms with Gasteiger partial charge < -0.3 is 0 Å². The molecular formula is C33H37F3. The molecule has 0 N–H and O–H groups in total. The Morgan fingerprint density at radius 1 is 0.806 bits per heavy atom. The maximum absolute atomic E-state index is 15.1. The van der Waals surface area contributed by atoms with Crippen LogP contribution in [0.25, 0.3) is 22.3 Å². The first kappa shape index (κ1) is 26.3. The number of benzene rings is 3. The van der Waals surface area contributed by atoms with E-state index in [2.05, 4.69) is 13.5 Å². The highest BCUT2D eigenvalue weighted by atomic mass is 19.2. The number of halogens is 3. The molecule has 0 aromatic heterocycles. The van der Waals surface area contributed by atoms with Crippen molar-refractivity contribution < 1.29 is 13.2 Å². The molecule has 1 aliphatic rings. The average Bonchev–Trinajstić information content (AvgIpc) is 2.90. The van der Waals surface area contributed by atoms with Crippen LogP contribution in [0.3, 0.4) is 0 Å². The van der Waals surface area contributed by atoms with Gasteiger partial charge in [0.1, 0.15) is 5.82 Å². The minimum absolute atomic E-state index is 0.155. The van der Waals surface area contributed by atoms with Crippen LogP contribution >= 0.6 is 0 Å².